The molecule has 0 saturated carbocycles. The number of aliphatic carboxylic acids is 1. The molecule has 0 bridgehead atoms. The smallest absolute Gasteiger partial charge is 0.328 e. The first kappa shape index (κ1) is 14.4. The lowest BCUT2D eigenvalue weighted by atomic mass is 10.3. The van der Waals surface area contributed by atoms with Crippen LogP contribution in [0.25, 0.3) is 0 Å². The molecule has 0 spiro atoms. The zero-order valence-electron chi connectivity index (χ0n) is 8.98. The average molecular weight is 321 g/mol. The lowest BCUT2D eigenvalue weighted by Gasteiger charge is -2.13. The van der Waals surface area contributed by atoms with Gasteiger partial charge in [0.25, 0.3) is 0 Å². The van der Waals surface area contributed by atoms with E-state index in [1.54, 1.807) is 0 Å². The number of nitrogens with one attached hydrogen (secondary N) is 2. The van der Waals surface area contributed by atoms with Crippen LogP contribution < -0.4 is 10.6 Å². The maximum Gasteiger partial charge on any atom is 0.328 e. The number of amides is 2. The first-order chi connectivity index (χ1) is 8.43. The summed E-state index contributed by atoms with van der Waals surface area (Å²) in [4.78, 5) is 21.9. The Morgan fingerprint density at radius 2 is 2.11 bits per heavy atom. The number of carbonyl (C=O) groups excluding carboxylic acids is 1. The predicted octanol–water partition coefficient (Wildman–Crippen LogP) is 1.16. The second-order valence-corrected chi connectivity index (χ2v) is 4.21. The molecule has 98 valence electrons. The van der Waals surface area contributed by atoms with Crippen LogP contribution in [0.15, 0.2) is 22.7 Å². The van der Waals surface area contributed by atoms with Crippen LogP contribution in [0.3, 0.4) is 0 Å². The Kier molecular flexibility index (Phi) is 5.05. The summed E-state index contributed by atoms with van der Waals surface area (Å²) >= 11 is 3.10. The van der Waals surface area contributed by atoms with Gasteiger partial charge in [0.1, 0.15) is 5.82 Å². The number of carboxylic acids is 1. The lowest BCUT2D eigenvalue weighted by molar-refractivity contribution is -0.140. The summed E-state index contributed by atoms with van der Waals surface area (Å²) in [5, 5.41) is 21.4. The highest BCUT2D eigenvalue weighted by Gasteiger charge is 2.19. The van der Waals surface area contributed by atoms with E-state index in [9.17, 15) is 14.0 Å². The molecule has 0 aliphatic rings. The van der Waals surface area contributed by atoms with Crippen LogP contribution in [0, 0.1) is 5.82 Å². The number of benzene rings is 1. The fraction of sp³-hybridized carbons (Fsp3) is 0.200. The summed E-state index contributed by atoms with van der Waals surface area (Å²) in [6, 6.07) is 1.55. The van der Waals surface area contributed by atoms with Crippen molar-refractivity contribution in [1.82, 2.24) is 5.32 Å². The molecule has 0 heterocycles. The Balaban J connectivity index is 2.70. The number of urea groups is 1. The third kappa shape index (κ3) is 3.97. The predicted molar refractivity (Wildman–Crippen MR) is 64.8 cm³/mol. The molecule has 1 unspecified atom stereocenters. The summed E-state index contributed by atoms with van der Waals surface area (Å²) in [7, 11) is 0. The highest BCUT2D eigenvalue weighted by atomic mass is 79.9. The molecule has 2 amide bonds. The monoisotopic (exact) mass is 320 g/mol. The van der Waals surface area contributed by atoms with Crippen LogP contribution in [0.5, 0.6) is 0 Å². The van der Waals surface area contributed by atoms with Gasteiger partial charge >= 0.3 is 12.0 Å². The molecule has 6 nitrogen and oxygen atoms in total. The van der Waals surface area contributed by atoms with Crippen molar-refractivity contribution in [2.45, 2.75) is 6.04 Å². The topological polar surface area (TPSA) is 98.7 Å². The van der Waals surface area contributed by atoms with Crippen molar-refractivity contribution in [3.05, 3.63) is 28.5 Å². The van der Waals surface area contributed by atoms with Crippen LogP contribution >= 0.6 is 15.9 Å². The SMILES string of the molecule is O=C(Nc1cc(Br)ccc1F)NC(CO)C(=O)O. The van der Waals surface area contributed by atoms with E-state index in [1.807, 2.05) is 5.32 Å². The minimum atomic E-state index is -1.44. The molecule has 1 aromatic carbocycles. The zero-order chi connectivity index (χ0) is 13.7. The third-order valence-electron chi connectivity index (χ3n) is 1.96. The van der Waals surface area contributed by atoms with Crippen LogP contribution in [0.4, 0.5) is 14.9 Å². The Morgan fingerprint density at radius 3 is 2.67 bits per heavy atom. The first-order valence-electron chi connectivity index (χ1n) is 4.80. The van der Waals surface area contributed by atoms with Crippen molar-refractivity contribution in [3.8, 4) is 0 Å². The fourth-order valence-corrected chi connectivity index (χ4v) is 1.46. The number of anilines is 1. The molecular formula is C10H10BrFN2O4. The Labute approximate surface area is 110 Å². The number of aliphatic hydroxyl groups is 1. The largest absolute Gasteiger partial charge is 0.480 e. The normalized spacial score (nSPS) is 11.7. The van der Waals surface area contributed by atoms with Crippen LogP contribution in [-0.2, 0) is 4.79 Å². The van der Waals surface area contributed by atoms with Crippen molar-refractivity contribution in [1.29, 1.82) is 0 Å². The van der Waals surface area contributed by atoms with Crippen molar-refractivity contribution in [3.63, 3.8) is 0 Å². The average Bonchev–Trinajstić information content (AvgIpc) is 2.30. The van der Waals surface area contributed by atoms with E-state index in [-0.39, 0.29) is 5.69 Å². The van der Waals surface area contributed by atoms with E-state index in [0.717, 1.165) is 6.07 Å². The van der Waals surface area contributed by atoms with Gasteiger partial charge in [-0.3, -0.25) is 0 Å². The first-order valence-corrected chi connectivity index (χ1v) is 5.59. The number of hydrogen-bond acceptors (Lipinski definition) is 3. The van der Waals surface area contributed by atoms with Gasteiger partial charge in [-0.25, -0.2) is 14.0 Å². The number of aliphatic hydroxyl groups excluding tert-OH is 1. The molecule has 8 heteroatoms. The van der Waals surface area contributed by atoms with Gasteiger partial charge in [0.05, 0.1) is 12.3 Å². The fourth-order valence-electron chi connectivity index (χ4n) is 1.10. The van der Waals surface area contributed by atoms with E-state index in [0.29, 0.717) is 4.47 Å². The molecule has 1 rings (SSSR count). The highest BCUT2D eigenvalue weighted by molar-refractivity contribution is 9.10. The number of carboxylic acid groups (broad SMARTS) is 1. The number of carbonyl (C=O) groups is 2. The van der Waals surface area contributed by atoms with E-state index in [2.05, 4.69) is 21.2 Å². The summed E-state index contributed by atoms with van der Waals surface area (Å²) < 4.78 is 13.8. The number of halogens is 2. The molecule has 1 aromatic rings. The van der Waals surface area contributed by atoms with E-state index >= 15 is 0 Å². The Hall–Kier alpha value is -1.67. The van der Waals surface area contributed by atoms with Crippen molar-refractivity contribution in [2.24, 2.45) is 0 Å². The molecule has 1 atom stereocenters. The molecule has 0 fully saturated rings. The van der Waals surface area contributed by atoms with Gasteiger partial charge in [-0.15, -0.1) is 0 Å². The van der Waals surface area contributed by atoms with Gasteiger partial charge in [0, 0.05) is 4.47 Å². The summed E-state index contributed by atoms with van der Waals surface area (Å²) in [5.41, 5.74) is -0.107. The zero-order valence-corrected chi connectivity index (χ0v) is 10.6. The van der Waals surface area contributed by atoms with E-state index in [1.165, 1.54) is 12.1 Å². The Bertz CT molecular complexity index is 469. The van der Waals surface area contributed by atoms with Gasteiger partial charge in [-0.05, 0) is 18.2 Å². The standard InChI is InChI=1S/C10H10BrFN2O4/c11-5-1-2-6(12)7(3-5)13-10(18)14-8(4-15)9(16)17/h1-3,8,15H,4H2,(H,16,17)(H2,13,14,18). The van der Waals surface area contributed by atoms with Gasteiger partial charge in [-0.2, -0.15) is 0 Å². The molecule has 0 radical (unpaired) electrons. The van der Waals surface area contributed by atoms with Crippen molar-refractivity contribution < 1.29 is 24.2 Å². The molecule has 0 aromatic heterocycles. The summed E-state index contributed by atoms with van der Waals surface area (Å²) in [6.07, 6.45) is 0. The van der Waals surface area contributed by atoms with Gasteiger partial charge in [-0.1, -0.05) is 15.9 Å². The minimum Gasteiger partial charge on any atom is -0.480 e. The van der Waals surface area contributed by atoms with Gasteiger partial charge in [0.15, 0.2) is 6.04 Å². The molecule has 0 saturated heterocycles. The summed E-state index contributed by atoms with van der Waals surface area (Å²) in [6.45, 7) is -0.760. The maximum atomic E-state index is 13.3. The molecule has 18 heavy (non-hydrogen) atoms. The highest BCUT2D eigenvalue weighted by Crippen LogP contribution is 2.19. The molecule has 4 N–H and O–H groups in total. The summed E-state index contributed by atoms with van der Waals surface area (Å²) in [5.74, 6) is -2.05. The van der Waals surface area contributed by atoms with Crippen molar-refractivity contribution >= 4 is 33.6 Å². The van der Waals surface area contributed by atoms with Crippen LogP contribution in [0.2, 0.25) is 0 Å². The number of rotatable bonds is 4. The second-order valence-electron chi connectivity index (χ2n) is 3.30. The molecule has 0 aliphatic heterocycles. The van der Waals surface area contributed by atoms with E-state index < -0.39 is 30.5 Å². The van der Waals surface area contributed by atoms with Crippen LogP contribution in [0.1, 0.15) is 0 Å². The van der Waals surface area contributed by atoms with Gasteiger partial charge < -0.3 is 20.8 Å². The number of hydrogen-bond donors (Lipinski definition) is 4. The third-order valence-corrected chi connectivity index (χ3v) is 2.46. The molecule has 0 aliphatic carbocycles. The Morgan fingerprint density at radius 1 is 1.44 bits per heavy atom. The quantitative estimate of drug-likeness (QED) is 0.669. The second kappa shape index (κ2) is 6.31. The lowest BCUT2D eigenvalue weighted by Crippen LogP contribution is -2.45. The maximum absolute atomic E-state index is 13.3. The van der Waals surface area contributed by atoms with Crippen LogP contribution in [-0.4, -0.2) is 34.9 Å². The molecular weight excluding hydrogens is 311 g/mol. The van der Waals surface area contributed by atoms with Gasteiger partial charge in [0.2, 0.25) is 0 Å². The van der Waals surface area contributed by atoms with Crippen molar-refractivity contribution in [2.75, 3.05) is 11.9 Å². The van der Waals surface area contributed by atoms with E-state index in [4.69, 9.17) is 10.2 Å². The minimum absolute atomic E-state index is 0.107.